The quantitative estimate of drug-likeness (QED) is 0.720. The lowest BCUT2D eigenvalue weighted by molar-refractivity contribution is -0.123. The molecule has 5 nitrogen and oxygen atoms in total. The summed E-state index contributed by atoms with van der Waals surface area (Å²) in [6, 6.07) is -0.0421. The monoisotopic (exact) mass is 363 g/mol. The van der Waals surface area contributed by atoms with Crippen molar-refractivity contribution in [1.82, 2.24) is 5.32 Å². The number of Topliss-reactive ketones (excluding diaryl/α,β-unsaturated/α-hetero) is 1. The first-order valence-corrected chi connectivity index (χ1v) is 10.8. The Labute approximate surface area is 156 Å². The Morgan fingerprint density at radius 1 is 0.923 bits per heavy atom. The number of hydrogen-bond acceptors (Lipinski definition) is 4. The molecule has 1 N–H and O–H groups in total. The maximum Gasteiger partial charge on any atom is 0.223 e. The Hall–Kier alpha value is -0.940. The Balaban J connectivity index is 1.17. The molecule has 1 amide bonds. The molecule has 0 aromatic heterocycles. The van der Waals surface area contributed by atoms with Gasteiger partial charge in [-0.1, -0.05) is 38.5 Å². The van der Waals surface area contributed by atoms with Crippen LogP contribution in [0.4, 0.5) is 0 Å². The highest BCUT2D eigenvalue weighted by atomic mass is 16.6. The highest BCUT2D eigenvalue weighted by Crippen LogP contribution is 2.35. The van der Waals surface area contributed by atoms with Crippen molar-refractivity contribution in [3.63, 3.8) is 0 Å². The summed E-state index contributed by atoms with van der Waals surface area (Å²) in [5.74, 6) is 1.71. The Kier molecular flexibility index (Phi) is 5.94. The van der Waals surface area contributed by atoms with Crippen LogP contribution in [0, 0.1) is 17.8 Å². The molecule has 5 heteroatoms. The zero-order valence-corrected chi connectivity index (χ0v) is 15.8. The SMILES string of the molecule is O=C(CCCC1CCCCC1)C[C@H]1CO[C@H]2[C@@H]1OC[C@@H]2NC(=O)C1CC1. The maximum atomic E-state index is 12.4. The average molecular weight is 363 g/mol. The van der Waals surface area contributed by atoms with Gasteiger partial charge in [-0.15, -0.1) is 0 Å². The first-order valence-electron chi connectivity index (χ1n) is 10.8. The van der Waals surface area contributed by atoms with Gasteiger partial charge >= 0.3 is 0 Å². The summed E-state index contributed by atoms with van der Waals surface area (Å²) in [7, 11) is 0. The van der Waals surface area contributed by atoms with Crippen molar-refractivity contribution < 1.29 is 19.1 Å². The van der Waals surface area contributed by atoms with E-state index in [1.54, 1.807) is 0 Å². The van der Waals surface area contributed by atoms with Crippen LogP contribution >= 0.6 is 0 Å². The standard InChI is InChI=1S/C21H33NO4/c23-17(8-4-7-14-5-2-1-3-6-14)11-16-12-25-20-18(13-26-19(16)20)22-21(24)15-9-10-15/h14-16,18-20H,1-13H2,(H,22,24)/t16-,18-,19+,20+/m0/s1. The van der Waals surface area contributed by atoms with E-state index < -0.39 is 0 Å². The van der Waals surface area contributed by atoms with Crippen molar-refractivity contribution in [2.45, 2.75) is 88.9 Å². The molecule has 2 aliphatic carbocycles. The molecule has 2 saturated carbocycles. The number of carbonyl (C=O) groups excluding carboxylic acids is 2. The molecular formula is C21H33NO4. The molecule has 4 fully saturated rings. The van der Waals surface area contributed by atoms with Crippen molar-refractivity contribution >= 4 is 11.7 Å². The van der Waals surface area contributed by atoms with Gasteiger partial charge in [-0.05, 0) is 25.2 Å². The molecule has 0 spiro atoms. The van der Waals surface area contributed by atoms with Gasteiger partial charge in [0.15, 0.2) is 0 Å². The normalized spacial score (nSPS) is 34.6. The molecule has 4 atom stereocenters. The van der Waals surface area contributed by atoms with Crippen LogP contribution in [0.25, 0.3) is 0 Å². The van der Waals surface area contributed by atoms with Gasteiger partial charge in [-0.3, -0.25) is 9.59 Å². The van der Waals surface area contributed by atoms with E-state index in [4.69, 9.17) is 9.47 Å². The van der Waals surface area contributed by atoms with Crippen molar-refractivity contribution in [2.24, 2.45) is 17.8 Å². The van der Waals surface area contributed by atoms with Crippen molar-refractivity contribution in [1.29, 1.82) is 0 Å². The summed E-state index contributed by atoms with van der Waals surface area (Å²) in [5.41, 5.74) is 0. The van der Waals surface area contributed by atoms with Crippen LogP contribution in [-0.4, -0.2) is 43.2 Å². The topological polar surface area (TPSA) is 64.6 Å². The van der Waals surface area contributed by atoms with Gasteiger partial charge in [0.05, 0.1) is 25.4 Å². The Morgan fingerprint density at radius 3 is 2.46 bits per heavy atom. The smallest absolute Gasteiger partial charge is 0.223 e. The van der Waals surface area contributed by atoms with Crippen LogP contribution in [0.15, 0.2) is 0 Å². The van der Waals surface area contributed by atoms with Crippen LogP contribution in [0.5, 0.6) is 0 Å². The van der Waals surface area contributed by atoms with Gasteiger partial charge < -0.3 is 14.8 Å². The van der Waals surface area contributed by atoms with Gasteiger partial charge in [-0.2, -0.15) is 0 Å². The number of fused-ring (bicyclic) bond motifs is 1. The van der Waals surface area contributed by atoms with E-state index in [-0.39, 0.29) is 36.0 Å². The fourth-order valence-corrected chi connectivity index (χ4v) is 4.98. The summed E-state index contributed by atoms with van der Waals surface area (Å²) in [4.78, 5) is 24.4. The van der Waals surface area contributed by atoms with Gasteiger partial charge in [0, 0.05) is 24.7 Å². The third-order valence-corrected chi connectivity index (χ3v) is 6.71. The molecule has 0 radical (unpaired) electrons. The van der Waals surface area contributed by atoms with Crippen molar-refractivity contribution in [3.8, 4) is 0 Å². The molecule has 26 heavy (non-hydrogen) atoms. The molecule has 2 saturated heterocycles. The molecule has 4 aliphatic rings. The molecule has 0 aromatic carbocycles. The second-order valence-electron chi connectivity index (χ2n) is 8.88. The highest BCUT2D eigenvalue weighted by molar-refractivity contribution is 5.81. The molecule has 2 heterocycles. The fraction of sp³-hybridized carbons (Fsp3) is 0.905. The summed E-state index contributed by atoms with van der Waals surface area (Å²) < 4.78 is 11.8. The van der Waals surface area contributed by atoms with E-state index in [1.807, 2.05) is 0 Å². The van der Waals surface area contributed by atoms with E-state index in [2.05, 4.69) is 5.32 Å². The summed E-state index contributed by atoms with van der Waals surface area (Å²) >= 11 is 0. The minimum atomic E-state index is -0.0715. The van der Waals surface area contributed by atoms with Crippen LogP contribution in [0.2, 0.25) is 0 Å². The van der Waals surface area contributed by atoms with Crippen LogP contribution in [-0.2, 0) is 19.1 Å². The molecular weight excluding hydrogens is 330 g/mol. The third kappa shape index (κ3) is 4.48. The molecule has 2 aliphatic heterocycles. The van der Waals surface area contributed by atoms with Crippen molar-refractivity contribution in [3.05, 3.63) is 0 Å². The largest absolute Gasteiger partial charge is 0.373 e. The van der Waals surface area contributed by atoms with E-state index in [9.17, 15) is 9.59 Å². The van der Waals surface area contributed by atoms with E-state index in [1.165, 1.54) is 38.5 Å². The average Bonchev–Trinajstić information content (AvgIpc) is 3.32. The molecule has 0 unspecified atom stereocenters. The first-order chi connectivity index (χ1) is 12.7. The van der Waals surface area contributed by atoms with Gasteiger partial charge in [-0.25, -0.2) is 0 Å². The minimum Gasteiger partial charge on any atom is -0.373 e. The fourth-order valence-electron chi connectivity index (χ4n) is 4.98. The predicted molar refractivity (Wildman–Crippen MR) is 97.7 cm³/mol. The Morgan fingerprint density at radius 2 is 1.69 bits per heavy atom. The lowest BCUT2D eigenvalue weighted by Crippen LogP contribution is -2.44. The third-order valence-electron chi connectivity index (χ3n) is 6.71. The van der Waals surface area contributed by atoms with E-state index in [0.29, 0.717) is 31.8 Å². The number of ketones is 1. The summed E-state index contributed by atoms with van der Waals surface area (Å²) in [5, 5.41) is 3.08. The van der Waals surface area contributed by atoms with Crippen LogP contribution in [0.3, 0.4) is 0 Å². The number of hydrogen-bond donors (Lipinski definition) is 1. The number of nitrogens with one attached hydrogen (secondary N) is 1. The molecule has 4 rings (SSSR count). The van der Waals surface area contributed by atoms with Crippen molar-refractivity contribution in [2.75, 3.05) is 13.2 Å². The minimum absolute atomic E-state index is 0.0261. The first kappa shape index (κ1) is 18.4. The number of carbonyl (C=O) groups is 2. The second-order valence-corrected chi connectivity index (χ2v) is 8.88. The number of ether oxygens (including phenoxy) is 2. The van der Waals surface area contributed by atoms with Gasteiger partial charge in [0.1, 0.15) is 11.9 Å². The van der Waals surface area contributed by atoms with Crippen LogP contribution in [0.1, 0.15) is 70.6 Å². The number of amides is 1. The maximum absolute atomic E-state index is 12.4. The predicted octanol–water partition coefficient (Wildman–Crippen LogP) is 3.00. The van der Waals surface area contributed by atoms with E-state index in [0.717, 1.165) is 25.2 Å². The molecule has 0 aromatic rings. The Bertz CT molecular complexity index is 512. The molecule has 146 valence electrons. The summed E-state index contributed by atoms with van der Waals surface area (Å²) in [6.45, 7) is 1.10. The lowest BCUT2D eigenvalue weighted by Gasteiger charge is -2.21. The second kappa shape index (κ2) is 8.39. The van der Waals surface area contributed by atoms with Crippen LogP contribution < -0.4 is 5.32 Å². The highest BCUT2D eigenvalue weighted by Gasteiger charge is 2.49. The lowest BCUT2D eigenvalue weighted by atomic mass is 9.85. The zero-order chi connectivity index (χ0) is 17.9. The van der Waals surface area contributed by atoms with Gasteiger partial charge in [0.25, 0.3) is 0 Å². The van der Waals surface area contributed by atoms with Gasteiger partial charge in [0.2, 0.25) is 5.91 Å². The summed E-state index contributed by atoms with van der Waals surface area (Å²) in [6.07, 6.45) is 12.3. The van der Waals surface area contributed by atoms with E-state index >= 15 is 0 Å². The number of rotatable bonds is 8. The molecule has 0 bridgehead atoms. The zero-order valence-electron chi connectivity index (χ0n) is 15.8.